The molecule has 3 aromatic rings. The topological polar surface area (TPSA) is 73.1 Å². The zero-order valence-corrected chi connectivity index (χ0v) is 15.3. The van der Waals surface area contributed by atoms with Crippen molar-refractivity contribution in [1.82, 2.24) is 10.2 Å². The number of nitrogens with one attached hydrogen (secondary N) is 1. The fraction of sp³-hybridized carbons (Fsp3) is 0.318. The van der Waals surface area contributed by atoms with E-state index in [1.54, 1.807) is 0 Å². The highest BCUT2D eigenvalue weighted by molar-refractivity contribution is 6.00. The minimum Gasteiger partial charge on any atom is -0.450 e. The molecule has 0 spiro atoms. The SMILES string of the molecule is [NH3+]c1cccc(-c2cccc3cc(C(=O)N[C@H]4CN5CCC4CC5)oc23)c1. The Hall–Kier alpha value is -2.63. The molecule has 4 N–H and O–H groups in total. The van der Waals surface area contributed by atoms with Gasteiger partial charge in [-0.1, -0.05) is 30.3 Å². The Bertz CT molecular complexity index is 1000. The molecule has 1 aromatic heterocycles. The van der Waals surface area contributed by atoms with Crippen molar-refractivity contribution < 1.29 is 14.9 Å². The van der Waals surface area contributed by atoms with Gasteiger partial charge in [-0.05, 0) is 49.5 Å². The van der Waals surface area contributed by atoms with E-state index in [4.69, 9.17) is 4.42 Å². The van der Waals surface area contributed by atoms with E-state index in [0.29, 0.717) is 11.7 Å². The third-order valence-electron chi connectivity index (χ3n) is 5.98. The maximum Gasteiger partial charge on any atom is 0.287 e. The highest BCUT2D eigenvalue weighted by atomic mass is 16.3. The van der Waals surface area contributed by atoms with Gasteiger partial charge in [-0.25, -0.2) is 0 Å². The molecule has 0 unspecified atom stereocenters. The number of hydrogen-bond donors (Lipinski definition) is 2. The van der Waals surface area contributed by atoms with Gasteiger partial charge in [0.05, 0.1) is 0 Å². The van der Waals surface area contributed by atoms with Crippen LogP contribution in [0, 0.1) is 5.92 Å². The highest BCUT2D eigenvalue weighted by Gasteiger charge is 2.35. The van der Waals surface area contributed by atoms with Crippen molar-refractivity contribution >= 4 is 22.6 Å². The number of rotatable bonds is 3. The Morgan fingerprint density at radius 2 is 1.93 bits per heavy atom. The summed E-state index contributed by atoms with van der Waals surface area (Å²) >= 11 is 0. The van der Waals surface area contributed by atoms with Gasteiger partial charge in [0.1, 0.15) is 11.3 Å². The number of furan rings is 1. The van der Waals surface area contributed by atoms with E-state index < -0.39 is 0 Å². The molecule has 0 aliphatic carbocycles. The lowest BCUT2D eigenvalue weighted by Gasteiger charge is -2.44. The van der Waals surface area contributed by atoms with Gasteiger partial charge >= 0.3 is 0 Å². The maximum atomic E-state index is 12.8. The molecule has 2 bridgehead atoms. The van der Waals surface area contributed by atoms with Crippen LogP contribution in [0.4, 0.5) is 5.69 Å². The average Bonchev–Trinajstić information content (AvgIpc) is 3.13. The summed E-state index contributed by atoms with van der Waals surface area (Å²) in [7, 11) is 0. The van der Waals surface area contributed by atoms with Crippen molar-refractivity contribution in [3.05, 3.63) is 54.3 Å². The van der Waals surface area contributed by atoms with Crippen LogP contribution in [-0.4, -0.2) is 36.5 Å². The third kappa shape index (κ3) is 3.03. The van der Waals surface area contributed by atoms with E-state index in [1.807, 2.05) is 48.5 Å². The van der Waals surface area contributed by atoms with E-state index in [9.17, 15) is 4.79 Å². The average molecular weight is 362 g/mol. The van der Waals surface area contributed by atoms with Crippen LogP contribution in [0.5, 0.6) is 0 Å². The van der Waals surface area contributed by atoms with E-state index >= 15 is 0 Å². The Kier molecular flexibility index (Phi) is 3.99. The van der Waals surface area contributed by atoms with Crippen molar-refractivity contribution in [3.8, 4) is 11.1 Å². The fourth-order valence-electron chi connectivity index (χ4n) is 4.51. The van der Waals surface area contributed by atoms with Gasteiger partial charge in [0.15, 0.2) is 5.76 Å². The number of amides is 1. The van der Waals surface area contributed by atoms with E-state index in [-0.39, 0.29) is 11.9 Å². The number of carbonyl (C=O) groups excluding carboxylic acids is 1. The molecule has 2 aromatic carbocycles. The second-order valence-electron chi connectivity index (χ2n) is 7.75. The highest BCUT2D eigenvalue weighted by Crippen LogP contribution is 2.32. The van der Waals surface area contributed by atoms with E-state index in [2.05, 4.69) is 16.0 Å². The Morgan fingerprint density at radius 3 is 2.67 bits per heavy atom. The van der Waals surface area contributed by atoms with E-state index in [0.717, 1.165) is 47.4 Å². The number of piperidine rings is 3. The first-order chi connectivity index (χ1) is 13.2. The first-order valence-electron chi connectivity index (χ1n) is 9.65. The molecule has 1 atom stereocenters. The van der Waals surface area contributed by atoms with Gasteiger partial charge < -0.3 is 20.4 Å². The Morgan fingerprint density at radius 1 is 1.11 bits per heavy atom. The van der Waals surface area contributed by atoms with Gasteiger partial charge in [0.25, 0.3) is 5.91 Å². The monoisotopic (exact) mass is 362 g/mol. The number of nitrogens with zero attached hydrogens (tertiary/aromatic N) is 1. The molecule has 5 heteroatoms. The summed E-state index contributed by atoms with van der Waals surface area (Å²) in [5.41, 5.74) is 7.75. The summed E-state index contributed by atoms with van der Waals surface area (Å²) in [6.45, 7) is 3.28. The quantitative estimate of drug-likeness (QED) is 0.752. The molecular weight excluding hydrogens is 338 g/mol. The van der Waals surface area contributed by atoms with Gasteiger partial charge in [0.2, 0.25) is 0 Å². The van der Waals surface area contributed by atoms with Crippen LogP contribution >= 0.6 is 0 Å². The standard InChI is InChI=1S/C22H23N3O2/c23-17-5-1-3-15(11-17)18-6-2-4-16-12-20(27-21(16)18)22(26)24-19-13-25-9-7-14(19)8-10-25/h1-6,11-12,14,19H,7-10,13,23H2,(H,24,26)/p+1/t19-/m0/s1. The van der Waals surface area contributed by atoms with Crippen LogP contribution in [-0.2, 0) is 0 Å². The lowest BCUT2D eigenvalue weighted by molar-refractivity contribution is -0.254. The maximum absolute atomic E-state index is 12.8. The Labute approximate surface area is 158 Å². The second-order valence-corrected chi connectivity index (χ2v) is 7.75. The normalized spacial score (nSPS) is 24.3. The molecule has 4 heterocycles. The molecule has 3 aliphatic rings. The molecule has 6 rings (SSSR count). The number of benzene rings is 2. The predicted molar refractivity (Wildman–Crippen MR) is 105 cm³/mol. The van der Waals surface area contributed by atoms with Crippen LogP contribution in [0.3, 0.4) is 0 Å². The summed E-state index contributed by atoms with van der Waals surface area (Å²) in [5, 5.41) is 4.16. The lowest BCUT2D eigenvalue weighted by atomic mass is 9.84. The minimum absolute atomic E-state index is 0.109. The number of carbonyl (C=O) groups is 1. The van der Waals surface area contributed by atoms with Crippen LogP contribution in [0.25, 0.3) is 22.1 Å². The third-order valence-corrected chi connectivity index (χ3v) is 5.98. The van der Waals surface area contributed by atoms with Gasteiger partial charge in [-0.15, -0.1) is 0 Å². The number of quaternary nitrogens is 1. The Balaban J connectivity index is 1.44. The minimum atomic E-state index is -0.109. The summed E-state index contributed by atoms with van der Waals surface area (Å²) in [6.07, 6.45) is 2.35. The zero-order chi connectivity index (χ0) is 18.4. The molecule has 3 fully saturated rings. The summed E-state index contributed by atoms with van der Waals surface area (Å²) in [5.74, 6) is 0.875. The first-order valence-corrected chi connectivity index (χ1v) is 9.65. The van der Waals surface area contributed by atoms with Crippen LogP contribution in [0.1, 0.15) is 23.4 Å². The summed E-state index contributed by atoms with van der Waals surface area (Å²) in [4.78, 5) is 15.3. The second kappa shape index (κ2) is 6.51. The van der Waals surface area contributed by atoms with Gasteiger partial charge in [-0.2, -0.15) is 0 Å². The van der Waals surface area contributed by atoms with Crippen LogP contribution in [0.15, 0.2) is 52.9 Å². The van der Waals surface area contributed by atoms with Gasteiger partial charge in [0, 0.05) is 29.6 Å². The number of fused-ring (bicyclic) bond motifs is 4. The first kappa shape index (κ1) is 16.5. The molecule has 138 valence electrons. The molecule has 27 heavy (non-hydrogen) atoms. The van der Waals surface area contributed by atoms with Gasteiger partial charge in [-0.3, -0.25) is 4.79 Å². The molecular formula is C22H24N3O2+. The predicted octanol–water partition coefficient (Wildman–Crippen LogP) is 2.80. The molecule has 0 radical (unpaired) electrons. The molecule has 1 amide bonds. The molecule has 3 aliphatic heterocycles. The van der Waals surface area contributed by atoms with Crippen molar-refractivity contribution in [3.63, 3.8) is 0 Å². The fourth-order valence-corrected chi connectivity index (χ4v) is 4.51. The summed E-state index contributed by atoms with van der Waals surface area (Å²) in [6, 6.07) is 16.1. The zero-order valence-electron chi connectivity index (χ0n) is 15.3. The summed E-state index contributed by atoms with van der Waals surface area (Å²) < 4.78 is 6.03. The van der Waals surface area contributed by atoms with E-state index in [1.165, 1.54) is 12.8 Å². The van der Waals surface area contributed by atoms with Crippen LogP contribution in [0.2, 0.25) is 0 Å². The number of hydrogen-bond acceptors (Lipinski definition) is 3. The van der Waals surface area contributed by atoms with Crippen molar-refractivity contribution in [2.75, 3.05) is 19.6 Å². The molecule has 3 saturated heterocycles. The largest absolute Gasteiger partial charge is 0.450 e. The number of para-hydroxylation sites is 1. The van der Waals surface area contributed by atoms with Crippen molar-refractivity contribution in [2.24, 2.45) is 5.92 Å². The smallest absolute Gasteiger partial charge is 0.287 e. The lowest BCUT2D eigenvalue weighted by Crippen LogP contribution is -2.57. The van der Waals surface area contributed by atoms with Crippen molar-refractivity contribution in [1.29, 1.82) is 0 Å². The van der Waals surface area contributed by atoms with Crippen molar-refractivity contribution in [2.45, 2.75) is 18.9 Å². The molecule has 5 nitrogen and oxygen atoms in total. The van der Waals surface area contributed by atoms with Crippen LogP contribution < -0.4 is 11.1 Å². The molecule has 0 saturated carbocycles.